The second kappa shape index (κ2) is 13.2. The molecule has 6 rings (SSSR count). The first kappa shape index (κ1) is 29.3. The summed E-state index contributed by atoms with van der Waals surface area (Å²) < 4.78 is 17.8. The number of ether oxygens (including phenoxy) is 2. The Morgan fingerprint density at radius 3 is 2.47 bits per heavy atom. The van der Waals surface area contributed by atoms with Crippen molar-refractivity contribution in [1.29, 1.82) is 0 Å². The number of likely N-dealkylation sites (tertiary alicyclic amines) is 1. The molecule has 0 spiro atoms. The van der Waals surface area contributed by atoms with Crippen LogP contribution in [0.2, 0.25) is 5.02 Å². The molecule has 1 N–H and O–H groups in total. The van der Waals surface area contributed by atoms with Crippen molar-refractivity contribution < 1.29 is 18.7 Å². The van der Waals surface area contributed by atoms with Crippen LogP contribution in [0.5, 0.6) is 11.5 Å². The summed E-state index contributed by atoms with van der Waals surface area (Å²) in [7, 11) is 0. The van der Waals surface area contributed by atoms with Crippen LogP contribution in [0.25, 0.3) is 11.0 Å². The van der Waals surface area contributed by atoms with Crippen LogP contribution in [0.1, 0.15) is 61.5 Å². The molecule has 0 saturated carbocycles. The molecule has 3 aromatic carbocycles. The number of furan rings is 1. The lowest BCUT2D eigenvalue weighted by Gasteiger charge is -2.31. The van der Waals surface area contributed by atoms with Crippen LogP contribution in [-0.4, -0.2) is 55.9 Å². The number of anilines is 1. The van der Waals surface area contributed by atoms with Gasteiger partial charge in [0.15, 0.2) is 11.5 Å². The lowest BCUT2D eigenvalue weighted by molar-refractivity contribution is -0.114. The summed E-state index contributed by atoms with van der Waals surface area (Å²) in [5.74, 6) is 2.67. The second-order valence-electron chi connectivity index (χ2n) is 11.2. The summed E-state index contributed by atoms with van der Waals surface area (Å²) >= 11 is 6.15. The topological polar surface area (TPSA) is 76.3 Å². The van der Waals surface area contributed by atoms with Crippen LogP contribution in [0.4, 0.5) is 5.69 Å². The third-order valence-electron chi connectivity index (χ3n) is 8.25. The van der Waals surface area contributed by atoms with Crippen LogP contribution in [0.3, 0.4) is 0 Å². The first-order valence-electron chi connectivity index (χ1n) is 15.3. The first-order valence-corrected chi connectivity index (χ1v) is 15.7. The average Bonchev–Trinajstić information content (AvgIpc) is 3.36. The van der Waals surface area contributed by atoms with Crippen molar-refractivity contribution in [2.75, 3.05) is 44.7 Å². The minimum absolute atomic E-state index is 0.0705. The van der Waals surface area contributed by atoms with Crippen LogP contribution in [-0.2, 0) is 11.2 Å². The fourth-order valence-corrected chi connectivity index (χ4v) is 6.26. The van der Waals surface area contributed by atoms with Gasteiger partial charge in [-0.3, -0.25) is 9.79 Å². The number of carbonyl (C=O) groups excluding carboxylic acids is 1. The van der Waals surface area contributed by atoms with Gasteiger partial charge in [0.25, 0.3) is 0 Å². The Hall–Kier alpha value is -3.81. The Bertz CT molecular complexity index is 1620. The van der Waals surface area contributed by atoms with Crippen LogP contribution in [0, 0.1) is 0 Å². The molecule has 0 atom stereocenters. The van der Waals surface area contributed by atoms with E-state index in [0.29, 0.717) is 36.3 Å². The van der Waals surface area contributed by atoms with Crippen LogP contribution in [0.15, 0.2) is 70.1 Å². The van der Waals surface area contributed by atoms with E-state index in [4.69, 9.17) is 25.5 Å². The van der Waals surface area contributed by atoms with Gasteiger partial charge in [-0.1, -0.05) is 35.9 Å². The highest BCUT2D eigenvalue weighted by Crippen LogP contribution is 2.37. The molecule has 1 amide bonds. The molecule has 1 fully saturated rings. The van der Waals surface area contributed by atoms with Crippen molar-refractivity contribution in [3.8, 4) is 11.5 Å². The number of halogens is 1. The number of nitrogens with one attached hydrogen (secondary N) is 1. The molecule has 0 bridgehead atoms. The summed E-state index contributed by atoms with van der Waals surface area (Å²) in [5, 5.41) is 4.81. The fourth-order valence-electron chi connectivity index (χ4n) is 6.08. The van der Waals surface area contributed by atoms with Crippen molar-refractivity contribution >= 4 is 39.9 Å². The van der Waals surface area contributed by atoms with E-state index in [9.17, 15) is 4.79 Å². The zero-order valence-electron chi connectivity index (χ0n) is 24.8. The number of benzodiazepines with no additional fused rings is 1. The van der Waals surface area contributed by atoms with Crippen molar-refractivity contribution in [2.45, 2.75) is 45.4 Å². The molecule has 7 nitrogen and oxygen atoms in total. The van der Waals surface area contributed by atoms with E-state index in [-0.39, 0.29) is 12.5 Å². The number of carbonyl (C=O) groups is 1. The number of piperidine rings is 1. The first-order chi connectivity index (χ1) is 21.0. The van der Waals surface area contributed by atoms with E-state index in [2.05, 4.69) is 45.5 Å². The van der Waals surface area contributed by atoms with Gasteiger partial charge in [-0.2, -0.15) is 0 Å². The number of aryl methyl sites for hydroxylation is 1. The standard InChI is InChI=1S/C35H38ClN3O4/c1-3-41-32-20-28-29(21-33(32)42-4-2)38-34(40)22-37-35(28)25-9-7-23(8-10-25)6-5-15-39-16-13-24(14-17-39)31-19-26-18-27(36)11-12-30(26)43-31/h7-12,18-21,24H,3-6,13-17,22H2,1-2H3,(H,38,40). The minimum atomic E-state index is -0.147. The van der Waals surface area contributed by atoms with Gasteiger partial charge in [-0.25, -0.2) is 0 Å². The molecule has 8 heteroatoms. The van der Waals surface area contributed by atoms with E-state index < -0.39 is 0 Å². The van der Waals surface area contributed by atoms with E-state index >= 15 is 0 Å². The van der Waals surface area contributed by atoms with E-state index in [1.807, 2.05) is 44.2 Å². The summed E-state index contributed by atoms with van der Waals surface area (Å²) in [5.41, 5.74) is 5.48. The van der Waals surface area contributed by atoms with Crippen molar-refractivity contribution in [2.24, 2.45) is 4.99 Å². The number of fused-ring (bicyclic) bond motifs is 2. The van der Waals surface area contributed by atoms with Gasteiger partial charge in [-0.15, -0.1) is 0 Å². The summed E-state index contributed by atoms with van der Waals surface area (Å²) in [6.45, 7) is 8.22. The molecule has 1 aromatic heterocycles. The number of hydrogen-bond acceptors (Lipinski definition) is 6. The molecular weight excluding hydrogens is 562 g/mol. The zero-order valence-corrected chi connectivity index (χ0v) is 25.6. The van der Waals surface area contributed by atoms with Crippen molar-refractivity contribution in [3.05, 3.63) is 88.1 Å². The van der Waals surface area contributed by atoms with Crippen molar-refractivity contribution in [1.82, 2.24) is 4.90 Å². The lowest BCUT2D eigenvalue weighted by atomic mass is 9.94. The van der Waals surface area contributed by atoms with E-state index in [1.165, 1.54) is 5.56 Å². The molecule has 0 aliphatic carbocycles. The zero-order chi connectivity index (χ0) is 29.8. The SMILES string of the molecule is CCOc1cc2c(cc1OCC)C(c1ccc(CCCN3CCC(c4cc5cc(Cl)ccc5o4)CC3)cc1)=NCC(=O)N2. The van der Waals surface area contributed by atoms with Gasteiger partial charge < -0.3 is 24.1 Å². The number of hydrogen-bond donors (Lipinski definition) is 1. The predicted octanol–water partition coefficient (Wildman–Crippen LogP) is 7.49. The third-order valence-corrected chi connectivity index (χ3v) is 8.48. The molecule has 1 saturated heterocycles. The van der Waals surface area contributed by atoms with Crippen LogP contribution < -0.4 is 14.8 Å². The number of benzene rings is 3. The smallest absolute Gasteiger partial charge is 0.246 e. The quantitative estimate of drug-likeness (QED) is 0.204. The second-order valence-corrected chi connectivity index (χ2v) is 11.6. The summed E-state index contributed by atoms with van der Waals surface area (Å²) in [6, 6.07) is 20.3. The fraction of sp³-hybridized carbons (Fsp3) is 0.371. The minimum Gasteiger partial charge on any atom is -0.490 e. The maximum Gasteiger partial charge on any atom is 0.246 e. The van der Waals surface area contributed by atoms with Gasteiger partial charge in [0, 0.05) is 33.5 Å². The Labute approximate surface area is 257 Å². The molecule has 43 heavy (non-hydrogen) atoms. The number of nitrogens with zero attached hydrogens (tertiary/aromatic N) is 2. The number of aliphatic imine (C=N–C) groups is 1. The lowest BCUT2D eigenvalue weighted by Crippen LogP contribution is -2.33. The maximum absolute atomic E-state index is 12.4. The molecule has 2 aliphatic heterocycles. The maximum atomic E-state index is 12.4. The van der Waals surface area contributed by atoms with Crippen LogP contribution >= 0.6 is 11.6 Å². The Morgan fingerprint density at radius 1 is 0.977 bits per heavy atom. The Morgan fingerprint density at radius 2 is 1.72 bits per heavy atom. The summed E-state index contributed by atoms with van der Waals surface area (Å²) in [6.07, 6.45) is 4.34. The van der Waals surface area contributed by atoms with Gasteiger partial charge >= 0.3 is 0 Å². The average molecular weight is 600 g/mol. The van der Waals surface area contributed by atoms with Gasteiger partial charge in [0.1, 0.15) is 17.9 Å². The molecule has 0 unspecified atom stereocenters. The van der Waals surface area contributed by atoms with Gasteiger partial charge in [0.2, 0.25) is 5.91 Å². The molecule has 224 valence electrons. The van der Waals surface area contributed by atoms with E-state index in [1.54, 1.807) is 0 Å². The highest BCUT2D eigenvalue weighted by atomic mass is 35.5. The molecule has 4 aromatic rings. The Kier molecular flexibility index (Phi) is 9.00. The molecule has 2 aliphatic rings. The predicted molar refractivity (Wildman–Crippen MR) is 172 cm³/mol. The monoisotopic (exact) mass is 599 g/mol. The van der Waals surface area contributed by atoms with Gasteiger partial charge in [-0.05, 0) is 95.1 Å². The van der Waals surface area contributed by atoms with Crippen molar-refractivity contribution in [3.63, 3.8) is 0 Å². The summed E-state index contributed by atoms with van der Waals surface area (Å²) in [4.78, 5) is 19.7. The van der Waals surface area contributed by atoms with E-state index in [0.717, 1.165) is 83.9 Å². The molecule has 0 radical (unpaired) electrons. The highest BCUT2D eigenvalue weighted by molar-refractivity contribution is 6.31. The molecular formula is C35H38ClN3O4. The highest BCUT2D eigenvalue weighted by Gasteiger charge is 2.24. The third kappa shape index (κ3) is 6.73. The largest absolute Gasteiger partial charge is 0.490 e. The number of rotatable bonds is 10. The molecule has 3 heterocycles. The van der Waals surface area contributed by atoms with Gasteiger partial charge in [0.05, 0.1) is 24.6 Å². The number of amides is 1. The normalized spacial score (nSPS) is 16.0. The Balaban J connectivity index is 1.06.